The molecule has 2 unspecified atom stereocenters. The van der Waals surface area contributed by atoms with E-state index < -0.39 is 24.1 Å². The molecule has 0 aromatic rings. The number of carboxylic acids is 2. The van der Waals surface area contributed by atoms with E-state index in [1.54, 1.807) is 0 Å². The first-order chi connectivity index (χ1) is 5.29. The molecule has 0 aliphatic carbocycles. The molecule has 0 saturated carbocycles. The average Bonchev–Trinajstić information content (AvgIpc) is 1.88. The first kappa shape index (κ1) is 52.1. The molecule has 0 heterocycles. The van der Waals surface area contributed by atoms with Crippen LogP contribution in [0, 0.1) is 0 Å². The van der Waals surface area contributed by atoms with Crippen LogP contribution in [0.2, 0.25) is 0 Å². The molecule has 0 amide bonds. The third-order valence-electron chi connectivity index (χ3n) is 0.696. The van der Waals surface area contributed by atoms with Gasteiger partial charge in [-0.1, -0.05) is 13.8 Å². The third-order valence-corrected chi connectivity index (χ3v) is 0.696. The number of aliphatic carboxylic acids is 2. The molecule has 0 spiro atoms. The Kier molecular flexibility index (Phi) is 87.4. The van der Waals surface area contributed by atoms with Gasteiger partial charge in [0.05, 0.1) is 0 Å². The zero-order valence-electron chi connectivity index (χ0n) is 9.89. The monoisotopic (exact) mass is 308 g/mol. The molecule has 12 N–H and O–H groups in total. The van der Waals surface area contributed by atoms with Crippen LogP contribution >= 0.6 is 0 Å². The first-order valence-electron chi connectivity index (χ1n) is 3.06. The van der Waals surface area contributed by atoms with Gasteiger partial charge >= 0.3 is 37.7 Å². The summed E-state index contributed by atoms with van der Waals surface area (Å²) in [5, 5.41) is 34.6. The Bertz CT molecular complexity index is 142. The van der Waals surface area contributed by atoms with E-state index in [2.05, 4.69) is 0 Å². The molecule has 18 heavy (non-hydrogen) atoms. The maximum absolute atomic E-state index is 9.63. The van der Waals surface area contributed by atoms with Crippen molar-refractivity contribution in [1.82, 2.24) is 0 Å². The predicted molar refractivity (Wildman–Crippen MR) is 58.0 cm³/mol. The minimum Gasteiger partial charge on any atom is -0.844 e. The van der Waals surface area contributed by atoms with Gasteiger partial charge in [0.25, 0.3) is 11.9 Å². The molecule has 0 aliphatic heterocycles. The van der Waals surface area contributed by atoms with E-state index in [9.17, 15) is 19.8 Å². The van der Waals surface area contributed by atoms with E-state index in [-0.39, 0.29) is 65.1 Å². The van der Waals surface area contributed by atoms with Gasteiger partial charge in [0.15, 0.2) is 0 Å². The van der Waals surface area contributed by atoms with Crippen LogP contribution in [0.4, 0.5) is 0 Å². The Morgan fingerprint density at radius 2 is 0.833 bits per heavy atom. The fourth-order valence-corrected chi connectivity index (χ4v) is 0. The predicted octanol–water partition coefficient (Wildman–Crippen LogP) is -6.86. The minimum atomic E-state index is -1.48. The molecule has 11 nitrogen and oxygen atoms in total. The summed E-state index contributed by atoms with van der Waals surface area (Å²) >= 11 is 0. The van der Waals surface area contributed by atoms with E-state index >= 15 is 0 Å². The van der Waals surface area contributed by atoms with Crippen molar-refractivity contribution in [3.8, 4) is 0 Å². The maximum atomic E-state index is 9.63. The van der Waals surface area contributed by atoms with E-state index in [1.807, 2.05) is 0 Å². The molecule has 12 heteroatoms. The summed E-state index contributed by atoms with van der Waals surface area (Å²) in [4.78, 5) is 18.8. The fourth-order valence-electron chi connectivity index (χ4n) is 0. The van der Waals surface area contributed by atoms with Crippen LogP contribution in [-0.4, -0.2) is 99.5 Å². The number of hydrogen-bond donors (Lipinski definition) is 2. The van der Waals surface area contributed by atoms with Crippen molar-refractivity contribution in [2.45, 2.75) is 26.1 Å². The van der Waals surface area contributed by atoms with E-state index in [0.29, 0.717) is 0 Å². The third kappa shape index (κ3) is 56.5. The van der Waals surface area contributed by atoms with Gasteiger partial charge in [0.2, 0.25) is 0 Å². The number of carbonyl (C=O) groups is 2. The molecule has 0 aromatic heterocycles. The van der Waals surface area contributed by atoms with Crippen LogP contribution in [0.3, 0.4) is 0 Å². The zero-order chi connectivity index (χ0) is 10.3. The molecule has 0 aliphatic rings. The van der Waals surface area contributed by atoms with E-state index in [4.69, 9.17) is 10.2 Å². The average molecular weight is 308 g/mol. The number of hydrogen-bond acceptors (Lipinski definition) is 4. The summed E-state index contributed by atoms with van der Waals surface area (Å²) in [6, 6.07) is 0. The summed E-state index contributed by atoms with van der Waals surface area (Å²) in [7, 11) is 0. The van der Waals surface area contributed by atoms with Crippen molar-refractivity contribution in [3.63, 3.8) is 0 Å². The Labute approximate surface area is 133 Å². The quantitative estimate of drug-likeness (QED) is 0.466. The van der Waals surface area contributed by atoms with Crippen molar-refractivity contribution in [2.24, 2.45) is 0 Å². The molecule has 112 valence electrons. The van der Waals surface area contributed by atoms with Gasteiger partial charge in [-0.2, -0.15) is 0 Å². The Balaban J connectivity index is -0.0000000139. The molecule has 0 rings (SSSR count). The van der Waals surface area contributed by atoms with Crippen molar-refractivity contribution >= 4 is 49.7 Å². The SMILES string of the molecule is CC([O-])C(=O)O.CC([O-])C(=O)O.O.O.O.O.O.[Ca+2]. The smallest absolute Gasteiger partial charge is 0.844 e. The van der Waals surface area contributed by atoms with Crippen molar-refractivity contribution in [1.29, 1.82) is 0 Å². The van der Waals surface area contributed by atoms with Crippen LogP contribution in [0.1, 0.15) is 13.8 Å². The van der Waals surface area contributed by atoms with Gasteiger partial charge < -0.3 is 47.8 Å². The van der Waals surface area contributed by atoms with Crippen molar-refractivity contribution in [2.75, 3.05) is 0 Å². The largest absolute Gasteiger partial charge is 2.00 e. The standard InChI is InChI=1S/2C3H5O3.Ca.5H2O/c2*1-2(4)3(5)6;;;;;;/h2*2H,1H3,(H,5,6);;5*1H2/q2*-1;+2;;;;;. The van der Waals surface area contributed by atoms with Crippen molar-refractivity contribution < 1.29 is 57.4 Å². The van der Waals surface area contributed by atoms with Crippen LogP contribution < -0.4 is 10.2 Å². The van der Waals surface area contributed by atoms with Gasteiger partial charge in [0.1, 0.15) is 0 Å². The summed E-state index contributed by atoms with van der Waals surface area (Å²) in [6.45, 7) is 2.17. The fraction of sp³-hybridized carbons (Fsp3) is 0.667. The van der Waals surface area contributed by atoms with Crippen molar-refractivity contribution in [3.05, 3.63) is 0 Å². The topological polar surface area (TPSA) is 278 Å². The molecule has 0 aromatic carbocycles. The second kappa shape index (κ2) is 30.2. The van der Waals surface area contributed by atoms with E-state index in [1.165, 1.54) is 0 Å². The van der Waals surface area contributed by atoms with Gasteiger partial charge in [-0.3, -0.25) is 9.59 Å². The molecule has 0 saturated heterocycles. The molecular weight excluding hydrogens is 288 g/mol. The van der Waals surface area contributed by atoms with Gasteiger partial charge in [0, 0.05) is 0 Å². The molecular formula is C6H20CaO11. The number of carboxylic acid groups (broad SMARTS) is 2. The minimum absolute atomic E-state index is 0. The molecule has 0 bridgehead atoms. The van der Waals surface area contributed by atoms with Crippen LogP contribution in [-0.2, 0) is 9.59 Å². The second-order valence-electron chi connectivity index (χ2n) is 1.96. The summed E-state index contributed by atoms with van der Waals surface area (Å²) < 4.78 is 0. The normalized spacial score (nSPS) is 9.11. The van der Waals surface area contributed by atoms with Gasteiger partial charge in [-0.25, -0.2) is 0 Å². The van der Waals surface area contributed by atoms with Crippen LogP contribution in [0.15, 0.2) is 0 Å². The second-order valence-corrected chi connectivity index (χ2v) is 1.96. The summed E-state index contributed by atoms with van der Waals surface area (Å²) in [5.74, 6) is -2.59. The maximum Gasteiger partial charge on any atom is 2.00 e. The van der Waals surface area contributed by atoms with Crippen LogP contribution in [0.25, 0.3) is 0 Å². The summed E-state index contributed by atoms with van der Waals surface area (Å²) in [5.41, 5.74) is 0. The van der Waals surface area contributed by atoms with Gasteiger partial charge in [-0.15, -0.1) is 0 Å². The molecule has 0 fully saturated rings. The Morgan fingerprint density at radius 1 is 0.778 bits per heavy atom. The molecule has 0 radical (unpaired) electrons. The summed E-state index contributed by atoms with van der Waals surface area (Å²) in [6.07, 6.45) is -2.96. The Hall–Kier alpha value is -0.0803. The van der Waals surface area contributed by atoms with Crippen LogP contribution in [0.5, 0.6) is 0 Å². The Morgan fingerprint density at radius 3 is 0.833 bits per heavy atom. The van der Waals surface area contributed by atoms with Gasteiger partial charge in [-0.05, 0) is 12.2 Å². The van der Waals surface area contributed by atoms with E-state index in [0.717, 1.165) is 13.8 Å². The number of rotatable bonds is 2. The zero-order valence-corrected chi connectivity index (χ0v) is 12.1. The first-order valence-corrected chi connectivity index (χ1v) is 3.06. The molecule has 2 atom stereocenters.